The van der Waals surface area contributed by atoms with Gasteiger partial charge in [-0.2, -0.15) is 11.8 Å². The van der Waals surface area contributed by atoms with Gasteiger partial charge in [-0.15, -0.1) is 0 Å². The van der Waals surface area contributed by atoms with Gasteiger partial charge in [0.1, 0.15) is 0 Å². The minimum absolute atomic E-state index is 0.691. The molecule has 1 atom stereocenters. The van der Waals surface area contributed by atoms with Crippen LogP contribution in [0.1, 0.15) is 71.6 Å². The van der Waals surface area contributed by atoms with Gasteiger partial charge in [-0.25, -0.2) is 0 Å². The van der Waals surface area contributed by atoms with Crippen LogP contribution in [0.4, 0.5) is 0 Å². The van der Waals surface area contributed by atoms with Gasteiger partial charge >= 0.3 is 0 Å². The maximum atomic E-state index is 5.84. The number of hydrogen-bond donors (Lipinski definition) is 1. The molecule has 106 valence electrons. The van der Waals surface area contributed by atoms with Gasteiger partial charge in [-0.1, -0.05) is 50.7 Å². The van der Waals surface area contributed by atoms with E-state index in [0.29, 0.717) is 5.25 Å². The normalized spacial score (nSPS) is 20.5. The second-order valence-corrected chi connectivity index (χ2v) is 6.78. The van der Waals surface area contributed by atoms with Crippen molar-refractivity contribution < 1.29 is 0 Å². The number of hydrogen-bond acceptors (Lipinski definition) is 2. The number of allylic oxidation sites excluding steroid dienone is 1. The van der Waals surface area contributed by atoms with E-state index in [4.69, 9.17) is 5.73 Å². The monoisotopic (exact) mass is 269 g/mol. The van der Waals surface area contributed by atoms with Gasteiger partial charge < -0.3 is 5.73 Å². The molecule has 0 aromatic carbocycles. The fourth-order valence-electron chi connectivity index (χ4n) is 2.65. The minimum Gasteiger partial charge on any atom is -0.329 e. The predicted molar refractivity (Wildman–Crippen MR) is 85.2 cm³/mol. The number of thioether (sulfide) groups is 1. The van der Waals surface area contributed by atoms with Crippen LogP contribution in [0.2, 0.25) is 0 Å². The van der Waals surface area contributed by atoms with Crippen molar-refractivity contribution in [2.75, 3.05) is 12.3 Å². The summed E-state index contributed by atoms with van der Waals surface area (Å²) in [5.74, 6) is 1.26. The zero-order chi connectivity index (χ0) is 13.2. The SMILES string of the molecule is CCCCCC1=C(CCCCC)CC(CN)SC1. The van der Waals surface area contributed by atoms with Crippen LogP contribution in [0.3, 0.4) is 0 Å². The molecule has 0 aromatic rings. The molecule has 0 saturated carbocycles. The van der Waals surface area contributed by atoms with Crippen LogP contribution in [0.5, 0.6) is 0 Å². The van der Waals surface area contributed by atoms with E-state index < -0.39 is 0 Å². The van der Waals surface area contributed by atoms with Crippen LogP contribution in [-0.2, 0) is 0 Å². The van der Waals surface area contributed by atoms with Gasteiger partial charge in [0.15, 0.2) is 0 Å². The minimum atomic E-state index is 0.691. The third kappa shape index (κ3) is 5.79. The molecule has 1 aliphatic heterocycles. The molecule has 1 unspecified atom stereocenters. The fraction of sp³-hybridized carbons (Fsp3) is 0.875. The average molecular weight is 269 g/mol. The first-order valence-electron chi connectivity index (χ1n) is 7.83. The first kappa shape index (κ1) is 16.1. The van der Waals surface area contributed by atoms with Gasteiger partial charge in [0.25, 0.3) is 0 Å². The van der Waals surface area contributed by atoms with Crippen LogP contribution in [0.15, 0.2) is 11.1 Å². The lowest BCUT2D eigenvalue weighted by Crippen LogP contribution is -2.22. The third-order valence-corrected chi connectivity index (χ3v) is 5.24. The van der Waals surface area contributed by atoms with Crippen molar-refractivity contribution in [2.45, 2.75) is 76.9 Å². The molecule has 0 aliphatic carbocycles. The Morgan fingerprint density at radius 3 is 2.17 bits per heavy atom. The standard InChI is InChI=1S/C16H31NS/c1-3-5-7-9-14-11-16(12-17)18-13-15(14)10-8-6-4-2/h16H,3-13,17H2,1-2H3. The van der Waals surface area contributed by atoms with E-state index in [1.54, 1.807) is 11.1 Å². The Morgan fingerprint density at radius 2 is 1.61 bits per heavy atom. The van der Waals surface area contributed by atoms with Crippen molar-refractivity contribution in [1.82, 2.24) is 0 Å². The number of unbranched alkanes of at least 4 members (excludes halogenated alkanes) is 4. The first-order valence-corrected chi connectivity index (χ1v) is 8.88. The summed E-state index contributed by atoms with van der Waals surface area (Å²) in [6.07, 6.45) is 12.1. The maximum absolute atomic E-state index is 5.84. The van der Waals surface area contributed by atoms with Crippen molar-refractivity contribution in [1.29, 1.82) is 0 Å². The molecule has 0 amide bonds. The Morgan fingerprint density at radius 1 is 1.00 bits per heavy atom. The Labute approximate surface area is 118 Å². The first-order chi connectivity index (χ1) is 8.81. The van der Waals surface area contributed by atoms with E-state index >= 15 is 0 Å². The zero-order valence-corrected chi connectivity index (χ0v) is 13.2. The molecule has 0 bridgehead atoms. The quantitative estimate of drug-likeness (QED) is 0.475. The van der Waals surface area contributed by atoms with Crippen molar-refractivity contribution in [3.8, 4) is 0 Å². The largest absolute Gasteiger partial charge is 0.329 e. The van der Waals surface area contributed by atoms with E-state index in [2.05, 4.69) is 25.6 Å². The van der Waals surface area contributed by atoms with E-state index in [9.17, 15) is 0 Å². The van der Waals surface area contributed by atoms with Crippen LogP contribution < -0.4 is 5.73 Å². The molecule has 1 aliphatic rings. The molecular formula is C16H31NS. The lowest BCUT2D eigenvalue weighted by molar-refractivity contribution is 0.658. The highest BCUT2D eigenvalue weighted by Crippen LogP contribution is 2.34. The number of rotatable bonds is 9. The van der Waals surface area contributed by atoms with Gasteiger partial charge in [-0.05, 0) is 32.1 Å². The smallest absolute Gasteiger partial charge is 0.0210 e. The lowest BCUT2D eigenvalue weighted by atomic mass is 9.94. The Kier molecular flexibility index (Phi) is 8.87. The number of nitrogens with two attached hydrogens (primary N) is 1. The van der Waals surface area contributed by atoms with E-state index in [-0.39, 0.29) is 0 Å². The third-order valence-electron chi connectivity index (χ3n) is 3.89. The highest BCUT2D eigenvalue weighted by molar-refractivity contribution is 8.00. The summed E-state index contributed by atoms with van der Waals surface area (Å²) in [6.45, 7) is 5.43. The lowest BCUT2D eigenvalue weighted by Gasteiger charge is -2.26. The Balaban J connectivity index is 2.50. The van der Waals surface area contributed by atoms with E-state index in [1.807, 2.05) is 0 Å². The Hall–Kier alpha value is 0.0500. The topological polar surface area (TPSA) is 26.0 Å². The molecule has 0 spiro atoms. The second kappa shape index (κ2) is 9.91. The van der Waals surface area contributed by atoms with Crippen LogP contribution in [0.25, 0.3) is 0 Å². The zero-order valence-electron chi connectivity index (χ0n) is 12.3. The van der Waals surface area contributed by atoms with Crippen LogP contribution >= 0.6 is 11.8 Å². The van der Waals surface area contributed by atoms with Crippen molar-refractivity contribution in [3.63, 3.8) is 0 Å². The summed E-state index contributed by atoms with van der Waals surface area (Å²) in [5.41, 5.74) is 9.39. The highest BCUT2D eigenvalue weighted by atomic mass is 32.2. The van der Waals surface area contributed by atoms with Gasteiger partial charge in [0.2, 0.25) is 0 Å². The summed E-state index contributed by atoms with van der Waals surface area (Å²) in [6, 6.07) is 0. The average Bonchev–Trinajstić information content (AvgIpc) is 2.40. The molecule has 0 fully saturated rings. The van der Waals surface area contributed by atoms with Crippen molar-refractivity contribution in [3.05, 3.63) is 11.1 Å². The highest BCUT2D eigenvalue weighted by Gasteiger charge is 2.19. The summed E-state index contributed by atoms with van der Waals surface area (Å²) in [5, 5.41) is 0.691. The van der Waals surface area contributed by atoms with Gasteiger partial charge in [0, 0.05) is 17.5 Å². The molecule has 0 saturated heterocycles. The molecular weight excluding hydrogens is 238 g/mol. The molecule has 1 rings (SSSR count). The fourth-order valence-corrected chi connectivity index (χ4v) is 3.89. The summed E-state index contributed by atoms with van der Waals surface area (Å²) in [7, 11) is 0. The van der Waals surface area contributed by atoms with E-state index in [0.717, 1.165) is 6.54 Å². The molecule has 2 N–H and O–H groups in total. The van der Waals surface area contributed by atoms with Gasteiger partial charge in [0.05, 0.1) is 0 Å². The van der Waals surface area contributed by atoms with Crippen molar-refractivity contribution in [2.24, 2.45) is 5.73 Å². The molecule has 0 radical (unpaired) electrons. The summed E-state index contributed by atoms with van der Waals surface area (Å²) >= 11 is 2.09. The predicted octanol–water partition coefficient (Wildman–Crippen LogP) is 4.91. The molecule has 2 heteroatoms. The summed E-state index contributed by atoms with van der Waals surface area (Å²) in [4.78, 5) is 0. The molecule has 18 heavy (non-hydrogen) atoms. The van der Waals surface area contributed by atoms with Crippen LogP contribution in [-0.4, -0.2) is 17.5 Å². The molecule has 1 nitrogen and oxygen atoms in total. The van der Waals surface area contributed by atoms with E-state index in [1.165, 1.54) is 63.5 Å². The van der Waals surface area contributed by atoms with Crippen molar-refractivity contribution >= 4 is 11.8 Å². The Bertz CT molecular complexity index is 247. The summed E-state index contributed by atoms with van der Waals surface area (Å²) < 4.78 is 0. The van der Waals surface area contributed by atoms with Crippen LogP contribution in [0, 0.1) is 0 Å². The molecule has 1 heterocycles. The second-order valence-electron chi connectivity index (χ2n) is 5.49. The molecule has 0 aromatic heterocycles. The maximum Gasteiger partial charge on any atom is 0.0210 e. The van der Waals surface area contributed by atoms with Gasteiger partial charge in [-0.3, -0.25) is 0 Å².